The van der Waals surface area contributed by atoms with Gasteiger partial charge in [-0.1, -0.05) is 60.7 Å². The van der Waals surface area contributed by atoms with Crippen LogP contribution >= 0.6 is 0 Å². The number of rotatable bonds is 4. The van der Waals surface area contributed by atoms with E-state index in [4.69, 9.17) is 25.3 Å². The fraction of sp³-hybridized carbons (Fsp3) is 0. The molecule has 0 heterocycles. The minimum atomic E-state index is -2.92. The van der Waals surface area contributed by atoms with Crippen LogP contribution in [0.4, 0.5) is 0 Å². The van der Waals surface area contributed by atoms with Crippen LogP contribution in [-0.2, 0) is 0 Å². The van der Waals surface area contributed by atoms with E-state index in [0.717, 1.165) is 0 Å². The third-order valence-electron chi connectivity index (χ3n) is 4.55. The Morgan fingerprint density at radius 2 is 0.744 bits per heavy atom. The molecule has 9 nitrogen and oxygen atoms in total. The first-order valence-corrected chi connectivity index (χ1v) is 10.3. The second kappa shape index (κ2) is 19.3. The average Bonchev–Trinajstić information content (AvgIpc) is 2.87. The van der Waals surface area contributed by atoms with E-state index in [-0.39, 0.29) is 91.1 Å². The quantitative estimate of drug-likeness (QED) is 0.118. The monoisotopic (exact) mass is 508 g/mol. The molecule has 0 aromatic heterocycles. The minimum Gasteiger partial charge on any atom is -0.907 e. The van der Waals surface area contributed by atoms with E-state index in [2.05, 4.69) is 0 Å². The van der Waals surface area contributed by atoms with Gasteiger partial charge in [0.05, 0.1) is 0 Å². The molecular formula is C26H20BLi3O9. The fourth-order valence-corrected chi connectivity index (χ4v) is 2.84. The Morgan fingerprint density at radius 3 is 1.00 bits per heavy atom. The van der Waals surface area contributed by atoms with Crippen LogP contribution in [0.1, 0.15) is 31.8 Å². The molecule has 4 aromatic carbocycles. The molecule has 0 bridgehead atoms. The molecule has 0 aliphatic heterocycles. The van der Waals surface area contributed by atoms with Gasteiger partial charge in [0.25, 0.3) is 0 Å². The van der Waals surface area contributed by atoms with E-state index in [1.54, 1.807) is 48.5 Å². The van der Waals surface area contributed by atoms with E-state index in [1.165, 1.54) is 36.4 Å². The van der Waals surface area contributed by atoms with E-state index >= 15 is 0 Å². The molecule has 13 heteroatoms. The second-order valence-corrected chi connectivity index (χ2v) is 7.09. The van der Waals surface area contributed by atoms with Crippen molar-refractivity contribution in [1.82, 2.24) is 0 Å². The predicted octanol–water partition coefficient (Wildman–Crippen LogP) is -8.28. The zero-order chi connectivity index (χ0) is 26.7. The molecule has 0 saturated heterocycles. The molecule has 0 aliphatic rings. The second-order valence-electron chi connectivity index (χ2n) is 7.09. The van der Waals surface area contributed by atoms with Crippen molar-refractivity contribution in [3.8, 4) is 23.0 Å². The third kappa shape index (κ3) is 12.7. The number of carbonyl (C=O) groups excluding carboxylic acids is 2. The first-order valence-electron chi connectivity index (χ1n) is 10.3. The summed E-state index contributed by atoms with van der Waals surface area (Å²) >= 11 is 0. The Hall–Kier alpha value is -2.84. The summed E-state index contributed by atoms with van der Waals surface area (Å²) in [6.45, 7) is 0. The molecule has 4 aromatic rings. The number of phenolic OH excluding ortho intramolecular Hbond substituents is 4. The van der Waals surface area contributed by atoms with E-state index in [9.17, 15) is 19.8 Å². The van der Waals surface area contributed by atoms with Crippen molar-refractivity contribution < 1.29 is 102 Å². The van der Waals surface area contributed by atoms with E-state index in [1.807, 2.05) is 12.1 Å². The molecule has 39 heavy (non-hydrogen) atoms. The molecule has 4 rings (SSSR count). The molecule has 0 spiro atoms. The van der Waals surface area contributed by atoms with Crippen molar-refractivity contribution in [3.63, 3.8) is 0 Å². The van der Waals surface area contributed by atoms with E-state index in [0.29, 0.717) is 22.3 Å². The summed E-state index contributed by atoms with van der Waals surface area (Å²) in [7, 11) is -2.92. The average molecular weight is 508 g/mol. The topological polar surface area (TPSA) is 184 Å². The van der Waals surface area contributed by atoms with Crippen molar-refractivity contribution >= 4 is 18.9 Å². The summed E-state index contributed by atoms with van der Waals surface area (Å²) in [6.07, 6.45) is 0. The Balaban J connectivity index is 0. The van der Waals surface area contributed by atoms with Gasteiger partial charge in [-0.2, -0.15) is 0 Å². The first-order chi connectivity index (χ1) is 17.1. The van der Waals surface area contributed by atoms with Gasteiger partial charge in [-0.05, 0) is 36.4 Å². The van der Waals surface area contributed by atoms with Gasteiger partial charge in [0, 0.05) is 22.3 Å². The van der Waals surface area contributed by atoms with Crippen LogP contribution < -0.4 is 71.7 Å². The summed E-state index contributed by atoms with van der Waals surface area (Å²) in [5, 5.41) is 62.1. The van der Waals surface area contributed by atoms with Crippen molar-refractivity contribution in [2.45, 2.75) is 0 Å². The van der Waals surface area contributed by atoms with Gasteiger partial charge < -0.3 is 35.5 Å². The van der Waals surface area contributed by atoms with Crippen LogP contribution in [0.25, 0.3) is 0 Å². The number of aromatic hydroxyl groups is 4. The van der Waals surface area contributed by atoms with Crippen molar-refractivity contribution in [2.75, 3.05) is 0 Å². The molecule has 0 radical (unpaired) electrons. The van der Waals surface area contributed by atoms with Gasteiger partial charge >= 0.3 is 56.6 Å². The Morgan fingerprint density at radius 1 is 0.462 bits per heavy atom. The largest absolute Gasteiger partial charge is 1.00 e. The van der Waals surface area contributed by atoms with Gasteiger partial charge in [0.2, 0.25) is 0 Å². The van der Waals surface area contributed by atoms with E-state index < -0.39 is 7.32 Å². The smallest absolute Gasteiger partial charge is 0.907 e. The first kappa shape index (κ1) is 38.3. The van der Waals surface area contributed by atoms with Crippen molar-refractivity contribution in [1.29, 1.82) is 0 Å². The van der Waals surface area contributed by atoms with Crippen LogP contribution in [0.2, 0.25) is 0 Å². The summed E-state index contributed by atoms with van der Waals surface area (Å²) in [5.41, 5.74) is 1.79. The Kier molecular flexibility index (Phi) is 18.9. The molecule has 0 aliphatic carbocycles. The number of carbonyl (C=O) groups is 2. The predicted molar refractivity (Wildman–Crippen MR) is 125 cm³/mol. The van der Waals surface area contributed by atoms with Gasteiger partial charge in [0.15, 0.2) is 34.6 Å². The Labute approximate surface area is 261 Å². The molecular weight excluding hydrogens is 488 g/mol. The van der Waals surface area contributed by atoms with Crippen LogP contribution in [0.15, 0.2) is 97.1 Å². The zero-order valence-corrected chi connectivity index (χ0v) is 21.6. The van der Waals surface area contributed by atoms with Crippen LogP contribution in [0, 0.1) is 0 Å². The molecule has 0 unspecified atom stereocenters. The van der Waals surface area contributed by atoms with Crippen molar-refractivity contribution in [2.24, 2.45) is 0 Å². The summed E-state index contributed by atoms with van der Waals surface area (Å²) in [4.78, 5) is 23.8. The van der Waals surface area contributed by atoms with Gasteiger partial charge in [0.1, 0.15) is 0 Å². The molecule has 0 atom stereocenters. The van der Waals surface area contributed by atoms with Crippen LogP contribution in [-0.4, -0.2) is 39.3 Å². The molecule has 0 saturated carbocycles. The van der Waals surface area contributed by atoms with Gasteiger partial charge in [-0.3, -0.25) is 16.9 Å². The maximum atomic E-state index is 11.9. The fourth-order valence-electron chi connectivity index (χ4n) is 2.84. The summed E-state index contributed by atoms with van der Waals surface area (Å²) < 4.78 is 0. The minimum absolute atomic E-state index is 0. The molecule has 184 valence electrons. The van der Waals surface area contributed by atoms with Gasteiger partial charge in [-0.25, -0.2) is 0 Å². The number of phenols is 4. The normalized spacial score (nSPS) is 8.90. The number of benzene rings is 4. The summed E-state index contributed by atoms with van der Waals surface area (Å²) in [5.74, 6) is -1.41. The maximum Gasteiger partial charge on any atom is 1.00 e. The number of hydrogen-bond donors (Lipinski definition) is 4. The number of hydrogen-bond acceptors (Lipinski definition) is 9. The van der Waals surface area contributed by atoms with Gasteiger partial charge in [-0.15, -0.1) is 0 Å². The maximum absolute atomic E-state index is 11.9. The van der Waals surface area contributed by atoms with Crippen LogP contribution in [0.3, 0.4) is 0 Å². The molecule has 0 amide bonds. The summed E-state index contributed by atoms with van der Waals surface area (Å²) in [6, 6.07) is 25.6. The third-order valence-corrected chi connectivity index (χ3v) is 4.55. The number of ketones is 2. The zero-order valence-electron chi connectivity index (χ0n) is 21.6. The van der Waals surface area contributed by atoms with Crippen molar-refractivity contribution in [3.05, 3.63) is 119 Å². The Bertz CT molecular complexity index is 1210. The van der Waals surface area contributed by atoms with Crippen LogP contribution in [0.5, 0.6) is 23.0 Å². The SMILES string of the molecule is O=C(c1ccccc1)c1ccc(O)c(O)c1.O=C(c1ccccc1)c1ccc(O)c(O)c1.[Li+].[Li+].[Li+].[O-]B([O-])[O-]. The molecule has 0 fully saturated rings. The standard InChI is InChI=1S/2C13H10O3.BO3.3Li/c2*14-11-7-6-10(8-12(11)15)13(16)9-4-2-1-3-5-9;2-1(3)4;;;/h2*1-8,14-15H;;;;/q;;-3;3*+1. The molecule has 4 N–H and O–H groups in total.